The molecule has 34 heavy (non-hydrogen) atoms. The Labute approximate surface area is 200 Å². The summed E-state index contributed by atoms with van der Waals surface area (Å²) in [7, 11) is 2.95. The first-order valence-corrected chi connectivity index (χ1v) is 11.5. The number of anilines is 1. The molecule has 8 nitrogen and oxygen atoms in total. The fourth-order valence-electron chi connectivity index (χ4n) is 4.59. The topological polar surface area (TPSA) is 83.1 Å². The highest BCUT2D eigenvalue weighted by Crippen LogP contribution is 2.30. The molecule has 1 atom stereocenters. The number of benzene rings is 2. The van der Waals surface area contributed by atoms with E-state index in [0.29, 0.717) is 23.6 Å². The van der Waals surface area contributed by atoms with Gasteiger partial charge < -0.3 is 25.0 Å². The van der Waals surface area contributed by atoms with Gasteiger partial charge in [0.25, 0.3) is 0 Å². The second kappa shape index (κ2) is 10.2. The van der Waals surface area contributed by atoms with Crippen molar-refractivity contribution >= 4 is 17.7 Å². The normalized spacial score (nSPS) is 18.9. The second-order valence-corrected chi connectivity index (χ2v) is 8.67. The van der Waals surface area contributed by atoms with Crippen LogP contribution in [0.5, 0.6) is 5.75 Å². The summed E-state index contributed by atoms with van der Waals surface area (Å²) >= 11 is 0. The summed E-state index contributed by atoms with van der Waals surface area (Å²) in [6.45, 7) is 8.15. The van der Waals surface area contributed by atoms with E-state index in [1.54, 1.807) is 7.11 Å². The lowest BCUT2D eigenvalue weighted by atomic mass is 9.95. The minimum Gasteiger partial charge on any atom is -0.497 e. The number of carbonyl (C=O) groups is 2. The average Bonchev–Trinajstić information content (AvgIpc) is 2.85. The van der Waals surface area contributed by atoms with Crippen LogP contribution < -0.4 is 20.3 Å². The molecule has 2 amide bonds. The molecule has 8 heteroatoms. The molecule has 180 valence electrons. The molecule has 1 saturated heterocycles. The largest absolute Gasteiger partial charge is 0.497 e. The van der Waals surface area contributed by atoms with Crippen molar-refractivity contribution in [2.24, 2.45) is 0 Å². The third kappa shape index (κ3) is 4.87. The molecule has 0 radical (unpaired) electrons. The predicted molar refractivity (Wildman–Crippen MR) is 131 cm³/mol. The van der Waals surface area contributed by atoms with Gasteiger partial charge in [-0.15, -0.1) is 0 Å². The summed E-state index contributed by atoms with van der Waals surface area (Å²) in [6, 6.07) is 12.8. The molecular weight excluding hydrogens is 432 g/mol. The summed E-state index contributed by atoms with van der Waals surface area (Å²) in [5, 5.41) is 5.73. The lowest BCUT2D eigenvalue weighted by Gasteiger charge is -2.38. The van der Waals surface area contributed by atoms with Gasteiger partial charge in [-0.25, -0.2) is 9.59 Å². The van der Waals surface area contributed by atoms with Crippen LogP contribution in [0, 0.1) is 13.8 Å². The van der Waals surface area contributed by atoms with Crippen molar-refractivity contribution in [3.05, 3.63) is 70.4 Å². The van der Waals surface area contributed by atoms with Crippen LogP contribution in [0.3, 0.4) is 0 Å². The van der Waals surface area contributed by atoms with E-state index in [2.05, 4.69) is 52.5 Å². The Morgan fingerprint density at radius 1 is 1.03 bits per heavy atom. The molecule has 0 aromatic heterocycles. The first-order chi connectivity index (χ1) is 16.4. The van der Waals surface area contributed by atoms with Gasteiger partial charge in [-0.05, 0) is 48.7 Å². The Morgan fingerprint density at radius 2 is 1.74 bits per heavy atom. The number of urea groups is 1. The Hall–Kier alpha value is -3.52. The molecule has 0 saturated carbocycles. The summed E-state index contributed by atoms with van der Waals surface area (Å²) in [6.07, 6.45) is 0. The summed E-state index contributed by atoms with van der Waals surface area (Å²) in [5.41, 5.74) is 5.65. The zero-order chi connectivity index (χ0) is 24.2. The standard InChI is InChI=1S/C26H32N4O4/c1-17-6-5-7-22(18(17)2)30-14-12-29(13-15-30)16-21-23(25(31)34-4)24(28-26(32)27-21)19-8-10-20(33-3)11-9-19/h5-11,24H,12-16H2,1-4H3,(H2,27,28,32)/t24-/m0/s1. The SMILES string of the molecule is COC(=O)C1=C(CN2CCN(c3cccc(C)c3C)CC2)NC(=O)N[C@H]1c1ccc(OC)cc1. The highest BCUT2D eigenvalue weighted by Gasteiger charge is 2.34. The third-order valence-electron chi connectivity index (χ3n) is 6.68. The highest BCUT2D eigenvalue weighted by molar-refractivity contribution is 5.95. The molecule has 4 rings (SSSR count). The predicted octanol–water partition coefficient (Wildman–Crippen LogP) is 2.92. The number of rotatable bonds is 6. The number of nitrogens with one attached hydrogen (secondary N) is 2. The van der Waals surface area contributed by atoms with Crippen LogP contribution in [-0.4, -0.2) is 63.8 Å². The van der Waals surface area contributed by atoms with E-state index in [1.807, 2.05) is 24.3 Å². The number of piperazine rings is 1. The number of hydrogen-bond acceptors (Lipinski definition) is 6. The van der Waals surface area contributed by atoms with Crippen LogP contribution >= 0.6 is 0 Å². The van der Waals surface area contributed by atoms with Gasteiger partial charge in [0.1, 0.15) is 5.75 Å². The van der Waals surface area contributed by atoms with Crippen LogP contribution in [-0.2, 0) is 9.53 Å². The monoisotopic (exact) mass is 464 g/mol. The fraction of sp³-hybridized carbons (Fsp3) is 0.385. The van der Waals surface area contributed by atoms with Gasteiger partial charge in [-0.1, -0.05) is 24.3 Å². The number of esters is 1. The molecular formula is C26H32N4O4. The van der Waals surface area contributed by atoms with Crippen molar-refractivity contribution in [2.45, 2.75) is 19.9 Å². The van der Waals surface area contributed by atoms with Crippen LogP contribution in [0.25, 0.3) is 0 Å². The average molecular weight is 465 g/mol. The van der Waals surface area contributed by atoms with Crippen LogP contribution in [0.2, 0.25) is 0 Å². The van der Waals surface area contributed by atoms with E-state index in [9.17, 15) is 9.59 Å². The molecule has 0 unspecified atom stereocenters. The fourth-order valence-corrected chi connectivity index (χ4v) is 4.59. The number of nitrogens with zero attached hydrogens (tertiary/aromatic N) is 2. The quantitative estimate of drug-likeness (QED) is 0.640. The maximum Gasteiger partial charge on any atom is 0.338 e. The Morgan fingerprint density at radius 3 is 2.38 bits per heavy atom. The molecule has 2 aromatic rings. The van der Waals surface area contributed by atoms with Crippen molar-refractivity contribution in [2.75, 3.05) is 51.8 Å². The summed E-state index contributed by atoms with van der Waals surface area (Å²) in [4.78, 5) is 30.0. The van der Waals surface area contributed by atoms with Crippen LogP contribution in [0.15, 0.2) is 53.7 Å². The number of carbonyl (C=O) groups excluding carboxylic acids is 2. The minimum absolute atomic E-state index is 0.336. The smallest absolute Gasteiger partial charge is 0.338 e. The van der Waals surface area contributed by atoms with Gasteiger partial charge in [0.05, 0.1) is 25.8 Å². The van der Waals surface area contributed by atoms with Gasteiger partial charge in [0, 0.05) is 44.1 Å². The molecule has 2 aromatic carbocycles. The lowest BCUT2D eigenvalue weighted by Crippen LogP contribution is -2.51. The van der Waals surface area contributed by atoms with E-state index in [-0.39, 0.29) is 6.03 Å². The molecule has 0 aliphatic carbocycles. The number of amides is 2. The molecule has 0 spiro atoms. The summed E-state index contributed by atoms with van der Waals surface area (Å²) < 4.78 is 10.3. The zero-order valence-electron chi connectivity index (χ0n) is 20.2. The van der Waals surface area contributed by atoms with Crippen molar-refractivity contribution in [3.8, 4) is 5.75 Å². The van der Waals surface area contributed by atoms with Crippen molar-refractivity contribution in [3.63, 3.8) is 0 Å². The maximum atomic E-state index is 12.8. The number of hydrogen-bond donors (Lipinski definition) is 2. The molecule has 2 N–H and O–H groups in total. The molecule has 2 heterocycles. The Balaban J connectivity index is 1.54. The van der Waals surface area contributed by atoms with Crippen LogP contribution in [0.4, 0.5) is 10.5 Å². The van der Waals surface area contributed by atoms with Gasteiger partial charge in [-0.3, -0.25) is 4.90 Å². The first kappa shape index (κ1) is 23.6. The van der Waals surface area contributed by atoms with Crippen molar-refractivity contribution in [1.82, 2.24) is 15.5 Å². The number of aryl methyl sites for hydroxylation is 1. The Bertz CT molecular complexity index is 1090. The van der Waals surface area contributed by atoms with Gasteiger partial charge in [0.15, 0.2) is 0 Å². The number of methoxy groups -OCH3 is 2. The van der Waals surface area contributed by atoms with Crippen molar-refractivity contribution < 1.29 is 19.1 Å². The zero-order valence-corrected chi connectivity index (χ0v) is 20.2. The van der Waals surface area contributed by atoms with Gasteiger partial charge in [0.2, 0.25) is 0 Å². The molecule has 1 fully saturated rings. The Kier molecular flexibility index (Phi) is 7.07. The number of ether oxygens (including phenoxy) is 2. The lowest BCUT2D eigenvalue weighted by molar-refractivity contribution is -0.136. The molecule has 2 aliphatic rings. The first-order valence-electron chi connectivity index (χ1n) is 11.5. The van der Waals surface area contributed by atoms with E-state index in [1.165, 1.54) is 23.9 Å². The highest BCUT2D eigenvalue weighted by atomic mass is 16.5. The molecule has 0 bridgehead atoms. The van der Waals surface area contributed by atoms with Gasteiger partial charge in [-0.2, -0.15) is 0 Å². The molecule has 2 aliphatic heterocycles. The second-order valence-electron chi connectivity index (χ2n) is 8.67. The van der Waals surface area contributed by atoms with Gasteiger partial charge >= 0.3 is 12.0 Å². The van der Waals surface area contributed by atoms with E-state index < -0.39 is 12.0 Å². The van der Waals surface area contributed by atoms with Crippen LogP contribution in [0.1, 0.15) is 22.7 Å². The van der Waals surface area contributed by atoms with E-state index >= 15 is 0 Å². The minimum atomic E-state index is -0.599. The van der Waals surface area contributed by atoms with Crippen molar-refractivity contribution in [1.29, 1.82) is 0 Å². The van der Waals surface area contributed by atoms with E-state index in [0.717, 1.165) is 31.7 Å². The maximum absolute atomic E-state index is 12.8. The summed E-state index contributed by atoms with van der Waals surface area (Å²) in [5.74, 6) is 0.242. The third-order valence-corrected chi connectivity index (χ3v) is 6.68. The van der Waals surface area contributed by atoms with E-state index in [4.69, 9.17) is 9.47 Å².